The molecular formula is C8H9F3N4O2S. The molecule has 0 fully saturated rings. The van der Waals surface area contributed by atoms with Crippen molar-refractivity contribution in [1.29, 1.82) is 0 Å². The molecule has 1 rings (SSSR count). The molecule has 0 aromatic carbocycles. The Morgan fingerprint density at radius 1 is 1.67 bits per heavy atom. The van der Waals surface area contributed by atoms with E-state index >= 15 is 0 Å². The maximum atomic E-state index is 12.6. The largest absolute Gasteiger partial charge is 0.409 e. The number of nitrogens with two attached hydrogens (primary N) is 1. The van der Waals surface area contributed by atoms with Crippen molar-refractivity contribution in [2.24, 2.45) is 16.8 Å². The van der Waals surface area contributed by atoms with Crippen molar-refractivity contribution < 1.29 is 18.4 Å². The van der Waals surface area contributed by atoms with Crippen LogP contribution in [-0.2, 0) is 0 Å². The van der Waals surface area contributed by atoms with Gasteiger partial charge in [-0.2, -0.15) is 13.2 Å². The molecule has 100 valence electrons. The predicted molar refractivity (Wildman–Crippen MR) is 58.5 cm³/mol. The van der Waals surface area contributed by atoms with Crippen molar-refractivity contribution >= 4 is 17.6 Å². The maximum Gasteiger partial charge on any atom is 0.399 e. The normalized spacial score (nSPS) is 14.5. The van der Waals surface area contributed by atoms with Crippen LogP contribution in [-0.4, -0.2) is 32.9 Å². The first kappa shape index (κ1) is 14.4. The van der Waals surface area contributed by atoms with Gasteiger partial charge in [0, 0.05) is 18.0 Å². The number of thioether (sulfide) groups is 1. The van der Waals surface area contributed by atoms with Crippen molar-refractivity contribution in [3.8, 4) is 0 Å². The third kappa shape index (κ3) is 3.95. The Morgan fingerprint density at radius 3 is 2.83 bits per heavy atom. The molecule has 0 aliphatic carbocycles. The van der Waals surface area contributed by atoms with Gasteiger partial charge in [-0.15, -0.1) is 0 Å². The summed E-state index contributed by atoms with van der Waals surface area (Å²) < 4.78 is 37.7. The van der Waals surface area contributed by atoms with Gasteiger partial charge in [-0.3, -0.25) is 4.79 Å². The van der Waals surface area contributed by atoms with Gasteiger partial charge in [-0.05, 0) is 0 Å². The van der Waals surface area contributed by atoms with E-state index in [-0.39, 0.29) is 5.16 Å². The lowest BCUT2D eigenvalue weighted by molar-refractivity contribution is -0.150. The van der Waals surface area contributed by atoms with E-state index in [2.05, 4.69) is 15.1 Å². The van der Waals surface area contributed by atoms with E-state index < -0.39 is 29.2 Å². The molecular weight excluding hydrogens is 273 g/mol. The van der Waals surface area contributed by atoms with Gasteiger partial charge in [-0.25, -0.2) is 4.98 Å². The van der Waals surface area contributed by atoms with Gasteiger partial charge in [0.15, 0.2) is 11.0 Å². The minimum atomic E-state index is -4.64. The van der Waals surface area contributed by atoms with Crippen LogP contribution in [0.2, 0.25) is 0 Å². The Bertz CT molecular complexity index is 488. The van der Waals surface area contributed by atoms with Gasteiger partial charge in [-0.1, -0.05) is 16.9 Å². The van der Waals surface area contributed by atoms with Crippen molar-refractivity contribution in [2.75, 3.05) is 5.75 Å². The standard InChI is InChI=1S/C8H9F3N4O2S/c9-8(10,11)4(6(12)15-17)3-18-7-13-2-1-5(16)14-7/h1-2,4,17H,3H2,(H2,12,15)(H,13,14,16). The summed E-state index contributed by atoms with van der Waals surface area (Å²) in [4.78, 5) is 16.8. The van der Waals surface area contributed by atoms with Crippen LogP contribution >= 0.6 is 11.8 Å². The van der Waals surface area contributed by atoms with Crippen LogP contribution < -0.4 is 11.3 Å². The fourth-order valence-corrected chi connectivity index (χ4v) is 2.00. The molecule has 0 spiro atoms. The number of alkyl halides is 3. The van der Waals surface area contributed by atoms with E-state index in [1.165, 1.54) is 6.20 Å². The SMILES string of the molecule is N/C(=N/O)C(CSc1nccc(=O)[nH]1)C(F)(F)F. The quantitative estimate of drug-likeness (QED) is 0.189. The summed E-state index contributed by atoms with van der Waals surface area (Å²) in [6, 6.07) is 1.13. The average molecular weight is 282 g/mol. The fourth-order valence-electron chi connectivity index (χ4n) is 1.00. The van der Waals surface area contributed by atoms with Crippen molar-refractivity contribution in [1.82, 2.24) is 9.97 Å². The predicted octanol–water partition coefficient (Wildman–Crippen LogP) is 0.787. The molecule has 0 amide bonds. The van der Waals surface area contributed by atoms with E-state index in [0.717, 1.165) is 6.07 Å². The molecule has 4 N–H and O–H groups in total. The minimum absolute atomic E-state index is 0.0301. The first-order chi connectivity index (χ1) is 8.34. The van der Waals surface area contributed by atoms with Gasteiger partial charge in [0.2, 0.25) is 0 Å². The molecule has 1 heterocycles. The van der Waals surface area contributed by atoms with Crippen LogP contribution in [0.5, 0.6) is 0 Å². The van der Waals surface area contributed by atoms with E-state index in [1.807, 2.05) is 0 Å². The van der Waals surface area contributed by atoms with Crippen LogP contribution in [0.15, 0.2) is 27.4 Å². The average Bonchev–Trinajstić information content (AvgIpc) is 2.27. The van der Waals surface area contributed by atoms with Crippen LogP contribution in [0, 0.1) is 5.92 Å². The molecule has 1 atom stereocenters. The Hall–Kier alpha value is -1.71. The lowest BCUT2D eigenvalue weighted by atomic mass is 10.1. The number of rotatable bonds is 4. The summed E-state index contributed by atoms with van der Waals surface area (Å²) in [6.45, 7) is 0. The molecule has 0 aliphatic heterocycles. The van der Waals surface area contributed by atoms with E-state index in [9.17, 15) is 18.0 Å². The van der Waals surface area contributed by atoms with Gasteiger partial charge in [0.25, 0.3) is 5.56 Å². The Labute approximate surface area is 103 Å². The Kier molecular flexibility index (Phi) is 4.59. The number of aromatic nitrogens is 2. The Balaban J connectivity index is 2.78. The number of nitrogens with one attached hydrogen (secondary N) is 1. The molecule has 0 aliphatic rings. The van der Waals surface area contributed by atoms with Crippen LogP contribution in [0.3, 0.4) is 0 Å². The number of H-pyrrole nitrogens is 1. The summed E-state index contributed by atoms with van der Waals surface area (Å²) in [7, 11) is 0. The van der Waals surface area contributed by atoms with Crippen molar-refractivity contribution in [3.05, 3.63) is 22.6 Å². The highest BCUT2D eigenvalue weighted by atomic mass is 32.2. The highest BCUT2D eigenvalue weighted by Gasteiger charge is 2.42. The third-order valence-corrected chi connectivity index (χ3v) is 2.88. The number of aromatic amines is 1. The number of amidine groups is 1. The Morgan fingerprint density at radius 2 is 2.33 bits per heavy atom. The van der Waals surface area contributed by atoms with Gasteiger partial charge in [0.05, 0.1) is 0 Å². The molecule has 1 aromatic heterocycles. The first-order valence-corrected chi connectivity index (χ1v) is 5.55. The fraction of sp³-hybridized carbons (Fsp3) is 0.375. The summed E-state index contributed by atoms with van der Waals surface area (Å²) in [5.74, 6) is -3.60. The molecule has 18 heavy (non-hydrogen) atoms. The van der Waals surface area contributed by atoms with E-state index in [1.54, 1.807) is 0 Å². The monoisotopic (exact) mass is 282 g/mol. The van der Waals surface area contributed by atoms with Crippen molar-refractivity contribution in [2.45, 2.75) is 11.3 Å². The molecule has 6 nitrogen and oxygen atoms in total. The zero-order valence-corrected chi connectivity index (χ0v) is 9.63. The topological polar surface area (TPSA) is 104 Å². The number of hydrogen-bond donors (Lipinski definition) is 3. The molecule has 0 saturated heterocycles. The lowest BCUT2D eigenvalue weighted by Crippen LogP contribution is -2.37. The van der Waals surface area contributed by atoms with E-state index in [4.69, 9.17) is 10.9 Å². The summed E-state index contributed by atoms with van der Waals surface area (Å²) in [6.07, 6.45) is -3.47. The highest BCUT2D eigenvalue weighted by molar-refractivity contribution is 7.99. The lowest BCUT2D eigenvalue weighted by Gasteiger charge is -2.17. The van der Waals surface area contributed by atoms with Gasteiger partial charge < -0.3 is 15.9 Å². The number of oxime groups is 1. The van der Waals surface area contributed by atoms with Gasteiger partial charge >= 0.3 is 6.18 Å². The summed E-state index contributed by atoms with van der Waals surface area (Å²) in [5, 5.41) is 10.7. The maximum absolute atomic E-state index is 12.6. The zero-order valence-electron chi connectivity index (χ0n) is 8.81. The first-order valence-electron chi connectivity index (χ1n) is 4.57. The number of nitrogens with zero attached hydrogens (tertiary/aromatic N) is 2. The second-order valence-corrected chi connectivity index (χ2v) is 4.18. The van der Waals surface area contributed by atoms with Crippen molar-refractivity contribution in [3.63, 3.8) is 0 Å². The summed E-state index contributed by atoms with van der Waals surface area (Å²) in [5.41, 5.74) is 4.50. The molecule has 0 radical (unpaired) electrons. The minimum Gasteiger partial charge on any atom is -0.409 e. The molecule has 0 saturated carbocycles. The van der Waals surface area contributed by atoms with Gasteiger partial charge in [0.1, 0.15) is 5.92 Å². The van der Waals surface area contributed by atoms with Crippen LogP contribution in [0.1, 0.15) is 0 Å². The van der Waals surface area contributed by atoms with E-state index in [0.29, 0.717) is 11.8 Å². The number of hydrogen-bond acceptors (Lipinski definition) is 5. The zero-order chi connectivity index (χ0) is 13.8. The van der Waals surface area contributed by atoms with Crippen LogP contribution in [0.25, 0.3) is 0 Å². The third-order valence-electron chi connectivity index (χ3n) is 1.90. The van der Waals surface area contributed by atoms with Crippen LogP contribution in [0.4, 0.5) is 13.2 Å². The molecule has 1 unspecified atom stereocenters. The molecule has 1 aromatic rings. The second-order valence-electron chi connectivity index (χ2n) is 3.17. The molecule has 0 bridgehead atoms. The summed E-state index contributed by atoms with van der Waals surface area (Å²) >= 11 is 0.655. The smallest absolute Gasteiger partial charge is 0.399 e. The number of halogens is 3. The molecule has 10 heteroatoms. The highest BCUT2D eigenvalue weighted by Crippen LogP contribution is 2.30. The second kappa shape index (κ2) is 5.76.